The van der Waals surface area contributed by atoms with Crippen LogP contribution in [0.3, 0.4) is 0 Å². The molecule has 0 saturated heterocycles. The number of amides is 1. The van der Waals surface area contributed by atoms with Crippen LogP contribution in [0.4, 0.5) is 0 Å². The Balaban J connectivity index is 2.14. The van der Waals surface area contributed by atoms with Gasteiger partial charge in [0.15, 0.2) is 0 Å². The third kappa shape index (κ3) is 4.13. The zero-order chi connectivity index (χ0) is 15.2. The fraction of sp³-hybridized carbons (Fsp3) is 0.294. The van der Waals surface area contributed by atoms with Crippen molar-refractivity contribution in [2.45, 2.75) is 19.9 Å². The molecule has 21 heavy (non-hydrogen) atoms. The van der Waals surface area contributed by atoms with E-state index in [9.17, 15) is 4.79 Å². The quantitative estimate of drug-likeness (QED) is 0.886. The summed E-state index contributed by atoms with van der Waals surface area (Å²) in [6.07, 6.45) is 3.37. The van der Waals surface area contributed by atoms with Crippen molar-refractivity contribution in [1.29, 1.82) is 0 Å². The van der Waals surface area contributed by atoms with E-state index in [0.717, 1.165) is 11.1 Å². The predicted octanol–water partition coefficient (Wildman–Crippen LogP) is 2.39. The SMILES string of the molecule is CNC(C)CNC(=O)c1cncc(-c2ccc(C)cc2)c1. The number of nitrogens with one attached hydrogen (secondary N) is 2. The molecule has 110 valence electrons. The number of pyridine rings is 1. The van der Waals surface area contributed by atoms with Gasteiger partial charge in [-0.25, -0.2) is 0 Å². The van der Waals surface area contributed by atoms with Gasteiger partial charge in [-0.2, -0.15) is 0 Å². The van der Waals surface area contributed by atoms with E-state index in [1.165, 1.54) is 5.56 Å². The van der Waals surface area contributed by atoms with Crippen LogP contribution in [0.2, 0.25) is 0 Å². The van der Waals surface area contributed by atoms with E-state index in [-0.39, 0.29) is 11.9 Å². The van der Waals surface area contributed by atoms with Crippen LogP contribution in [0.5, 0.6) is 0 Å². The molecule has 1 aromatic carbocycles. The third-order valence-electron chi connectivity index (χ3n) is 3.45. The smallest absolute Gasteiger partial charge is 0.252 e. The summed E-state index contributed by atoms with van der Waals surface area (Å²) in [6.45, 7) is 4.65. The average molecular weight is 283 g/mol. The van der Waals surface area contributed by atoms with Crippen molar-refractivity contribution in [3.05, 3.63) is 53.9 Å². The van der Waals surface area contributed by atoms with Crippen molar-refractivity contribution in [1.82, 2.24) is 15.6 Å². The molecule has 0 aliphatic carbocycles. The van der Waals surface area contributed by atoms with E-state index in [1.807, 2.05) is 32.2 Å². The number of likely N-dealkylation sites (N-methyl/N-ethyl adjacent to an activating group) is 1. The molecule has 2 aromatic rings. The number of benzene rings is 1. The summed E-state index contributed by atoms with van der Waals surface area (Å²) < 4.78 is 0. The molecular weight excluding hydrogens is 262 g/mol. The molecule has 0 aliphatic heterocycles. The Morgan fingerprint density at radius 1 is 1.19 bits per heavy atom. The summed E-state index contributed by atoms with van der Waals surface area (Å²) >= 11 is 0. The minimum atomic E-state index is -0.0986. The number of carbonyl (C=O) groups excluding carboxylic acids is 1. The zero-order valence-corrected chi connectivity index (χ0v) is 12.7. The molecule has 0 fully saturated rings. The van der Waals surface area contributed by atoms with Crippen LogP contribution in [0.25, 0.3) is 11.1 Å². The molecule has 0 radical (unpaired) electrons. The topological polar surface area (TPSA) is 54.0 Å². The first-order valence-electron chi connectivity index (χ1n) is 7.07. The van der Waals surface area contributed by atoms with Crippen molar-refractivity contribution < 1.29 is 4.79 Å². The molecule has 0 bridgehead atoms. The van der Waals surface area contributed by atoms with Gasteiger partial charge in [-0.1, -0.05) is 29.8 Å². The highest BCUT2D eigenvalue weighted by atomic mass is 16.1. The Morgan fingerprint density at radius 2 is 1.90 bits per heavy atom. The molecule has 2 rings (SSSR count). The fourth-order valence-corrected chi connectivity index (χ4v) is 1.92. The van der Waals surface area contributed by atoms with Gasteiger partial charge in [0.05, 0.1) is 5.56 Å². The van der Waals surface area contributed by atoms with Gasteiger partial charge in [0.1, 0.15) is 0 Å². The molecule has 0 saturated carbocycles. The van der Waals surface area contributed by atoms with Crippen molar-refractivity contribution in [2.24, 2.45) is 0 Å². The Hall–Kier alpha value is -2.20. The Labute approximate surface area is 125 Å². The first-order chi connectivity index (χ1) is 10.1. The van der Waals surface area contributed by atoms with Crippen LogP contribution in [-0.4, -0.2) is 30.5 Å². The summed E-state index contributed by atoms with van der Waals surface area (Å²) in [5.41, 5.74) is 3.80. The van der Waals surface area contributed by atoms with Crippen LogP contribution in [-0.2, 0) is 0 Å². The molecule has 1 amide bonds. The molecule has 0 aliphatic rings. The van der Waals surface area contributed by atoms with Gasteiger partial charge < -0.3 is 10.6 Å². The highest BCUT2D eigenvalue weighted by Gasteiger charge is 2.09. The molecule has 0 spiro atoms. The molecule has 1 atom stereocenters. The number of hydrogen-bond donors (Lipinski definition) is 2. The van der Waals surface area contributed by atoms with Crippen LogP contribution < -0.4 is 10.6 Å². The normalized spacial score (nSPS) is 12.0. The summed E-state index contributed by atoms with van der Waals surface area (Å²) in [5, 5.41) is 5.98. The lowest BCUT2D eigenvalue weighted by Crippen LogP contribution is -2.37. The second-order valence-corrected chi connectivity index (χ2v) is 5.23. The summed E-state index contributed by atoms with van der Waals surface area (Å²) in [5.74, 6) is -0.0986. The van der Waals surface area contributed by atoms with Crippen LogP contribution >= 0.6 is 0 Å². The lowest BCUT2D eigenvalue weighted by Gasteiger charge is -2.11. The number of carbonyl (C=O) groups is 1. The van der Waals surface area contributed by atoms with Gasteiger partial charge in [-0.15, -0.1) is 0 Å². The first kappa shape index (κ1) is 15.2. The Bertz CT molecular complexity index is 608. The minimum absolute atomic E-state index is 0.0986. The van der Waals surface area contributed by atoms with Crippen LogP contribution in [0.1, 0.15) is 22.8 Å². The summed E-state index contributed by atoms with van der Waals surface area (Å²) in [6, 6.07) is 10.3. The second kappa shape index (κ2) is 6.99. The highest BCUT2D eigenvalue weighted by Crippen LogP contribution is 2.19. The number of aryl methyl sites for hydroxylation is 1. The van der Waals surface area contributed by atoms with Gasteiger partial charge in [0.2, 0.25) is 0 Å². The number of hydrogen-bond acceptors (Lipinski definition) is 3. The van der Waals surface area contributed by atoms with Gasteiger partial charge in [0, 0.05) is 30.5 Å². The maximum absolute atomic E-state index is 12.1. The van der Waals surface area contributed by atoms with Gasteiger partial charge in [-0.3, -0.25) is 9.78 Å². The standard InChI is InChI=1S/C17H21N3O/c1-12-4-6-14(7-5-12)15-8-16(11-19-10-15)17(21)20-9-13(2)18-3/h4-8,10-11,13,18H,9H2,1-3H3,(H,20,21). The van der Waals surface area contributed by atoms with Crippen molar-refractivity contribution in [2.75, 3.05) is 13.6 Å². The molecule has 2 N–H and O–H groups in total. The minimum Gasteiger partial charge on any atom is -0.350 e. The fourth-order valence-electron chi connectivity index (χ4n) is 1.92. The molecule has 4 nitrogen and oxygen atoms in total. The largest absolute Gasteiger partial charge is 0.350 e. The van der Waals surface area contributed by atoms with E-state index in [1.54, 1.807) is 12.4 Å². The van der Waals surface area contributed by atoms with Gasteiger partial charge in [0.25, 0.3) is 5.91 Å². The third-order valence-corrected chi connectivity index (χ3v) is 3.45. The van der Waals surface area contributed by atoms with E-state index in [4.69, 9.17) is 0 Å². The maximum Gasteiger partial charge on any atom is 0.252 e. The molecular formula is C17H21N3O. The van der Waals surface area contributed by atoms with E-state index in [2.05, 4.69) is 34.7 Å². The number of rotatable bonds is 5. The lowest BCUT2D eigenvalue weighted by molar-refractivity contribution is 0.0950. The van der Waals surface area contributed by atoms with E-state index >= 15 is 0 Å². The van der Waals surface area contributed by atoms with Gasteiger partial charge in [-0.05, 0) is 32.5 Å². The second-order valence-electron chi connectivity index (χ2n) is 5.23. The average Bonchev–Trinajstić information content (AvgIpc) is 2.53. The summed E-state index contributed by atoms with van der Waals surface area (Å²) in [4.78, 5) is 16.3. The maximum atomic E-state index is 12.1. The number of nitrogens with zero attached hydrogens (tertiary/aromatic N) is 1. The van der Waals surface area contributed by atoms with Crippen LogP contribution in [0, 0.1) is 6.92 Å². The lowest BCUT2D eigenvalue weighted by atomic mass is 10.0. The Kier molecular flexibility index (Phi) is 5.06. The van der Waals surface area contributed by atoms with Crippen molar-refractivity contribution in [3.8, 4) is 11.1 Å². The van der Waals surface area contributed by atoms with Gasteiger partial charge >= 0.3 is 0 Å². The Morgan fingerprint density at radius 3 is 2.57 bits per heavy atom. The van der Waals surface area contributed by atoms with E-state index in [0.29, 0.717) is 12.1 Å². The van der Waals surface area contributed by atoms with E-state index < -0.39 is 0 Å². The predicted molar refractivity (Wildman–Crippen MR) is 85.3 cm³/mol. The van der Waals surface area contributed by atoms with Crippen molar-refractivity contribution in [3.63, 3.8) is 0 Å². The van der Waals surface area contributed by atoms with Crippen LogP contribution in [0.15, 0.2) is 42.7 Å². The number of aromatic nitrogens is 1. The molecule has 1 unspecified atom stereocenters. The van der Waals surface area contributed by atoms with Crippen molar-refractivity contribution >= 4 is 5.91 Å². The first-order valence-corrected chi connectivity index (χ1v) is 7.07. The zero-order valence-electron chi connectivity index (χ0n) is 12.7. The summed E-state index contributed by atoms with van der Waals surface area (Å²) in [7, 11) is 1.87. The highest BCUT2D eigenvalue weighted by molar-refractivity contribution is 5.95. The monoisotopic (exact) mass is 283 g/mol. The molecule has 4 heteroatoms. The molecule has 1 aromatic heterocycles. The molecule has 1 heterocycles.